The van der Waals surface area contributed by atoms with E-state index < -0.39 is 35.2 Å². The normalized spacial score (nSPS) is 12.8. The number of carbonyl (C=O) groups excluding carboxylic acids is 1. The summed E-state index contributed by atoms with van der Waals surface area (Å²) in [7, 11) is 0. The predicted octanol–water partition coefficient (Wildman–Crippen LogP) is 2.83. The minimum atomic E-state index is -1.67. The number of halogens is 3. The molecule has 1 aromatic carbocycles. The van der Waals surface area contributed by atoms with Crippen molar-refractivity contribution in [2.45, 2.75) is 13.0 Å². The Kier molecular flexibility index (Phi) is 5.22. The van der Waals surface area contributed by atoms with Crippen LogP contribution in [0.4, 0.5) is 18.9 Å². The van der Waals surface area contributed by atoms with Gasteiger partial charge in [-0.05, 0) is 30.5 Å². The summed E-state index contributed by atoms with van der Waals surface area (Å²) in [6.45, 7) is 1.35. The van der Waals surface area contributed by atoms with E-state index in [1.807, 2.05) is 0 Å². The van der Waals surface area contributed by atoms with E-state index in [2.05, 4.69) is 10.5 Å². The molecule has 0 aliphatic rings. The van der Waals surface area contributed by atoms with Crippen molar-refractivity contribution in [1.29, 1.82) is 0 Å². The van der Waals surface area contributed by atoms with Crippen LogP contribution in [0.1, 0.15) is 11.8 Å². The summed E-state index contributed by atoms with van der Waals surface area (Å²) in [5.74, 6) is -5.22. The second-order valence-electron chi connectivity index (χ2n) is 4.41. The van der Waals surface area contributed by atoms with Crippen molar-refractivity contribution in [3.63, 3.8) is 0 Å². The molecule has 0 saturated heterocycles. The molecule has 0 spiro atoms. The van der Waals surface area contributed by atoms with Gasteiger partial charge in [-0.15, -0.1) is 11.3 Å². The number of nitrogens with one attached hydrogen (secondary N) is 1. The van der Waals surface area contributed by atoms with Gasteiger partial charge in [-0.1, -0.05) is 11.2 Å². The molecule has 3 N–H and O–H groups in total. The van der Waals surface area contributed by atoms with Crippen LogP contribution in [0, 0.1) is 17.5 Å². The lowest BCUT2D eigenvalue weighted by atomic mass is 10.2. The third-order valence-corrected chi connectivity index (χ3v) is 3.64. The monoisotopic (exact) mass is 343 g/mol. The second kappa shape index (κ2) is 7.14. The van der Waals surface area contributed by atoms with Gasteiger partial charge in [0.15, 0.2) is 23.3 Å². The number of amides is 1. The minimum absolute atomic E-state index is 0.0821. The van der Waals surface area contributed by atoms with Gasteiger partial charge in [-0.25, -0.2) is 13.2 Å². The van der Waals surface area contributed by atoms with Crippen LogP contribution in [0.2, 0.25) is 0 Å². The van der Waals surface area contributed by atoms with Crippen LogP contribution in [0.5, 0.6) is 0 Å². The van der Waals surface area contributed by atoms with E-state index >= 15 is 0 Å². The summed E-state index contributed by atoms with van der Waals surface area (Å²) >= 11 is 1.34. The van der Waals surface area contributed by atoms with E-state index in [-0.39, 0.29) is 5.84 Å². The van der Waals surface area contributed by atoms with E-state index in [1.165, 1.54) is 18.3 Å². The first kappa shape index (κ1) is 16.8. The maximum Gasteiger partial charge on any atom is 0.268 e. The molecule has 1 unspecified atom stereocenters. The number of rotatable bonds is 5. The Morgan fingerprint density at radius 2 is 2.04 bits per heavy atom. The summed E-state index contributed by atoms with van der Waals surface area (Å²) < 4.78 is 39.4. The molecule has 2 rings (SSSR count). The van der Waals surface area contributed by atoms with Gasteiger partial charge in [0.05, 0.1) is 10.6 Å². The highest BCUT2D eigenvalue weighted by molar-refractivity contribution is 7.12. The van der Waals surface area contributed by atoms with Crippen molar-refractivity contribution in [2.24, 2.45) is 10.9 Å². The van der Waals surface area contributed by atoms with Crippen LogP contribution in [0.25, 0.3) is 0 Å². The van der Waals surface area contributed by atoms with Gasteiger partial charge in [0.1, 0.15) is 0 Å². The van der Waals surface area contributed by atoms with E-state index in [1.54, 1.807) is 17.5 Å². The lowest BCUT2D eigenvalue weighted by Gasteiger charge is -2.12. The Morgan fingerprint density at radius 3 is 2.70 bits per heavy atom. The van der Waals surface area contributed by atoms with Crippen LogP contribution in [-0.2, 0) is 9.63 Å². The van der Waals surface area contributed by atoms with Crippen LogP contribution >= 0.6 is 11.3 Å². The first-order valence-electron chi connectivity index (χ1n) is 6.37. The van der Waals surface area contributed by atoms with Gasteiger partial charge < -0.3 is 15.9 Å². The highest BCUT2D eigenvalue weighted by atomic mass is 32.1. The first-order valence-corrected chi connectivity index (χ1v) is 7.25. The van der Waals surface area contributed by atoms with Crippen molar-refractivity contribution >= 4 is 28.8 Å². The molecular weight excluding hydrogens is 331 g/mol. The number of thiophene rings is 1. The number of benzene rings is 1. The molecule has 0 bridgehead atoms. The molecule has 0 fully saturated rings. The van der Waals surface area contributed by atoms with Gasteiger partial charge in [-0.2, -0.15) is 0 Å². The molecule has 0 aliphatic heterocycles. The maximum absolute atomic E-state index is 13.5. The predicted molar refractivity (Wildman–Crippen MR) is 80.5 cm³/mol. The molecule has 5 nitrogen and oxygen atoms in total. The molecule has 0 radical (unpaired) electrons. The molecule has 1 heterocycles. The fourth-order valence-corrected chi connectivity index (χ4v) is 2.13. The molecule has 122 valence electrons. The van der Waals surface area contributed by atoms with Gasteiger partial charge >= 0.3 is 0 Å². The number of hydrogen-bond acceptors (Lipinski definition) is 4. The fourth-order valence-electron chi connectivity index (χ4n) is 1.51. The van der Waals surface area contributed by atoms with Crippen molar-refractivity contribution in [3.8, 4) is 0 Å². The number of anilines is 1. The van der Waals surface area contributed by atoms with E-state index in [0.29, 0.717) is 10.9 Å². The molecule has 9 heteroatoms. The molecule has 1 aromatic heterocycles. The van der Waals surface area contributed by atoms with Gasteiger partial charge in [0.2, 0.25) is 6.10 Å². The summed E-state index contributed by atoms with van der Waals surface area (Å²) in [5, 5.41) is 7.47. The Balaban J connectivity index is 2.01. The van der Waals surface area contributed by atoms with Crippen LogP contribution in [-0.4, -0.2) is 17.8 Å². The van der Waals surface area contributed by atoms with Crippen molar-refractivity contribution in [2.75, 3.05) is 5.32 Å². The topological polar surface area (TPSA) is 76.7 Å². The SMILES string of the molecule is CC(ON=C(N)c1cccs1)C(=O)Nc1ccc(F)c(F)c1F. The zero-order chi connectivity index (χ0) is 17.0. The largest absolute Gasteiger partial charge is 0.381 e. The Morgan fingerprint density at radius 1 is 1.30 bits per heavy atom. The average Bonchev–Trinajstić information content (AvgIpc) is 3.07. The summed E-state index contributed by atoms with van der Waals surface area (Å²) in [5.41, 5.74) is 5.15. The van der Waals surface area contributed by atoms with E-state index in [4.69, 9.17) is 10.6 Å². The zero-order valence-electron chi connectivity index (χ0n) is 11.8. The fraction of sp³-hybridized carbons (Fsp3) is 0.143. The molecule has 23 heavy (non-hydrogen) atoms. The second-order valence-corrected chi connectivity index (χ2v) is 5.36. The van der Waals surface area contributed by atoms with Crippen molar-refractivity contribution in [3.05, 3.63) is 52.0 Å². The van der Waals surface area contributed by atoms with Crippen molar-refractivity contribution < 1.29 is 22.8 Å². The third kappa shape index (κ3) is 4.01. The Bertz CT molecular complexity index is 735. The highest BCUT2D eigenvalue weighted by Crippen LogP contribution is 2.20. The number of nitrogens with zero attached hydrogens (tertiary/aromatic N) is 1. The van der Waals surface area contributed by atoms with E-state index in [9.17, 15) is 18.0 Å². The highest BCUT2D eigenvalue weighted by Gasteiger charge is 2.19. The maximum atomic E-state index is 13.5. The number of hydrogen-bond donors (Lipinski definition) is 2. The quantitative estimate of drug-likeness (QED) is 0.379. The number of nitrogens with two attached hydrogens (primary N) is 1. The van der Waals surface area contributed by atoms with Gasteiger partial charge in [0.25, 0.3) is 5.91 Å². The zero-order valence-corrected chi connectivity index (χ0v) is 12.7. The average molecular weight is 343 g/mol. The Labute approximate surface area is 133 Å². The summed E-state index contributed by atoms with van der Waals surface area (Å²) in [4.78, 5) is 17.4. The molecule has 0 saturated carbocycles. The number of amidine groups is 1. The molecule has 0 aliphatic carbocycles. The van der Waals surface area contributed by atoms with Crippen LogP contribution in [0.15, 0.2) is 34.8 Å². The molecule has 1 atom stereocenters. The Hall–Kier alpha value is -2.55. The lowest BCUT2D eigenvalue weighted by Crippen LogP contribution is -2.28. The van der Waals surface area contributed by atoms with Crippen LogP contribution in [0.3, 0.4) is 0 Å². The lowest BCUT2D eigenvalue weighted by molar-refractivity contribution is -0.126. The van der Waals surface area contributed by atoms with E-state index in [0.717, 1.165) is 6.07 Å². The third-order valence-electron chi connectivity index (χ3n) is 2.75. The minimum Gasteiger partial charge on any atom is -0.381 e. The summed E-state index contributed by atoms with van der Waals surface area (Å²) in [6.07, 6.45) is -1.12. The molecule has 1 amide bonds. The molecular formula is C14H12F3N3O2S. The number of oxime groups is 1. The molecule has 2 aromatic rings. The van der Waals surface area contributed by atoms with Gasteiger partial charge in [0, 0.05) is 0 Å². The standard InChI is InChI=1S/C14H12F3N3O2S/c1-7(22-20-13(18)10-3-2-6-23-10)14(21)19-9-5-4-8(15)11(16)12(9)17/h2-7H,1H3,(H2,18,20)(H,19,21). The van der Waals surface area contributed by atoms with Crippen LogP contribution < -0.4 is 11.1 Å². The first-order chi connectivity index (χ1) is 10.9. The smallest absolute Gasteiger partial charge is 0.268 e. The summed E-state index contributed by atoms with van der Waals surface area (Å²) in [6, 6.07) is 5.09. The number of carbonyl (C=O) groups is 1. The van der Waals surface area contributed by atoms with Gasteiger partial charge in [-0.3, -0.25) is 4.79 Å². The van der Waals surface area contributed by atoms with Crippen molar-refractivity contribution in [1.82, 2.24) is 0 Å².